The number of nitrogens with one attached hydrogen (secondary N) is 1. The second kappa shape index (κ2) is 7.21. The molecule has 0 unspecified atom stereocenters. The van der Waals surface area contributed by atoms with Crippen LogP contribution in [0.25, 0.3) is 0 Å². The molecule has 0 aliphatic carbocycles. The normalized spacial score (nSPS) is 20.0. The summed E-state index contributed by atoms with van der Waals surface area (Å²) in [5.74, 6) is 0.217. The Balaban J connectivity index is 1.62. The van der Waals surface area contributed by atoms with E-state index in [0.29, 0.717) is 31.1 Å². The van der Waals surface area contributed by atoms with Crippen LogP contribution in [0.15, 0.2) is 29.2 Å². The molecule has 2 heterocycles. The topological polar surface area (TPSA) is 69.7 Å². The molecule has 1 aromatic rings. The van der Waals surface area contributed by atoms with Crippen LogP contribution >= 0.6 is 0 Å². The zero-order valence-electron chi connectivity index (χ0n) is 14.1. The monoisotopic (exact) mass is 351 g/mol. The summed E-state index contributed by atoms with van der Waals surface area (Å²) in [6.45, 7) is 5.26. The van der Waals surface area contributed by atoms with Gasteiger partial charge in [0.25, 0.3) is 0 Å². The summed E-state index contributed by atoms with van der Waals surface area (Å²) in [6, 6.07) is 7.16. The van der Waals surface area contributed by atoms with Gasteiger partial charge in [0.2, 0.25) is 15.9 Å². The van der Waals surface area contributed by atoms with Crippen molar-refractivity contribution in [1.82, 2.24) is 14.5 Å². The van der Waals surface area contributed by atoms with Crippen molar-refractivity contribution < 1.29 is 13.2 Å². The number of carbonyl (C=O) groups excluding carboxylic acids is 1. The number of carbonyl (C=O) groups is 1. The molecule has 2 saturated heterocycles. The number of aryl methyl sites for hydroxylation is 1. The summed E-state index contributed by atoms with van der Waals surface area (Å²) in [5, 5.41) is 3.10. The highest BCUT2D eigenvalue weighted by molar-refractivity contribution is 7.89. The molecule has 2 aliphatic heterocycles. The van der Waals surface area contributed by atoms with E-state index in [-0.39, 0.29) is 11.8 Å². The van der Waals surface area contributed by atoms with E-state index in [1.807, 2.05) is 12.1 Å². The van der Waals surface area contributed by atoms with Crippen LogP contribution in [-0.2, 0) is 21.2 Å². The van der Waals surface area contributed by atoms with Crippen LogP contribution in [0.1, 0.15) is 18.9 Å². The zero-order chi connectivity index (χ0) is 17.2. The predicted molar refractivity (Wildman–Crippen MR) is 92.1 cm³/mol. The first kappa shape index (κ1) is 17.4. The van der Waals surface area contributed by atoms with Crippen LogP contribution < -0.4 is 5.32 Å². The van der Waals surface area contributed by atoms with Gasteiger partial charge in [-0.1, -0.05) is 25.5 Å². The van der Waals surface area contributed by atoms with Gasteiger partial charge in [-0.3, -0.25) is 4.79 Å². The number of sulfonamides is 1. The SMILES string of the molecule is CCCc1ccc(S(=O)(=O)N2CCN(C(=O)C3CNC3)CC2)cc1. The van der Waals surface area contributed by atoms with Crippen molar-refractivity contribution in [2.75, 3.05) is 39.3 Å². The zero-order valence-corrected chi connectivity index (χ0v) is 14.9. The Kier molecular flexibility index (Phi) is 5.22. The number of hydrogen-bond donors (Lipinski definition) is 1. The van der Waals surface area contributed by atoms with Gasteiger partial charge in [0.05, 0.1) is 10.8 Å². The Labute approximate surface area is 143 Å². The van der Waals surface area contributed by atoms with Gasteiger partial charge in [-0.25, -0.2) is 8.42 Å². The first-order valence-electron chi connectivity index (χ1n) is 8.61. The summed E-state index contributed by atoms with van der Waals surface area (Å²) < 4.78 is 27.0. The molecule has 2 aliphatic rings. The Bertz CT molecular complexity index is 676. The molecule has 6 nitrogen and oxygen atoms in total. The van der Waals surface area contributed by atoms with Gasteiger partial charge in [-0.15, -0.1) is 0 Å². The number of benzene rings is 1. The number of nitrogens with zero attached hydrogens (tertiary/aromatic N) is 2. The molecule has 1 aromatic carbocycles. The van der Waals surface area contributed by atoms with E-state index < -0.39 is 10.0 Å². The van der Waals surface area contributed by atoms with E-state index in [1.165, 1.54) is 4.31 Å². The maximum absolute atomic E-state index is 12.7. The van der Waals surface area contributed by atoms with Crippen molar-refractivity contribution in [2.45, 2.75) is 24.7 Å². The van der Waals surface area contributed by atoms with Crippen LogP contribution in [0.5, 0.6) is 0 Å². The lowest BCUT2D eigenvalue weighted by Crippen LogP contribution is -2.57. The quantitative estimate of drug-likeness (QED) is 0.847. The lowest BCUT2D eigenvalue weighted by atomic mass is 10.0. The van der Waals surface area contributed by atoms with Crippen LogP contribution in [0.2, 0.25) is 0 Å². The standard InChI is InChI=1S/C17H25N3O3S/c1-2-3-14-4-6-16(7-5-14)24(22,23)20-10-8-19(9-11-20)17(21)15-12-18-13-15/h4-7,15,18H,2-3,8-13H2,1H3. The van der Waals surface area contributed by atoms with Gasteiger partial charge in [0.15, 0.2) is 0 Å². The second-order valence-corrected chi connectivity index (χ2v) is 8.42. The highest BCUT2D eigenvalue weighted by Crippen LogP contribution is 2.20. The second-order valence-electron chi connectivity index (χ2n) is 6.48. The van der Waals surface area contributed by atoms with E-state index in [2.05, 4.69) is 12.2 Å². The largest absolute Gasteiger partial charge is 0.340 e. The van der Waals surface area contributed by atoms with E-state index in [9.17, 15) is 13.2 Å². The minimum absolute atomic E-state index is 0.0688. The Hall–Kier alpha value is -1.44. The third kappa shape index (κ3) is 3.48. The van der Waals surface area contributed by atoms with Crippen molar-refractivity contribution >= 4 is 15.9 Å². The van der Waals surface area contributed by atoms with Gasteiger partial charge in [-0.2, -0.15) is 4.31 Å². The van der Waals surface area contributed by atoms with Gasteiger partial charge in [0.1, 0.15) is 0 Å². The molecule has 0 atom stereocenters. The Morgan fingerprint density at radius 2 is 1.75 bits per heavy atom. The maximum Gasteiger partial charge on any atom is 0.243 e. The van der Waals surface area contributed by atoms with E-state index in [4.69, 9.17) is 0 Å². The Morgan fingerprint density at radius 3 is 2.25 bits per heavy atom. The molecule has 0 saturated carbocycles. The molecular weight excluding hydrogens is 326 g/mol. The van der Waals surface area contributed by atoms with Gasteiger partial charge in [-0.05, 0) is 24.1 Å². The third-order valence-corrected chi connectivity index (χ3v) is 6.69. The fourth-order valence-corrected chi connectivity index (χ4v) is 4.56. The minimum Gasteiger partial charge on any atom is -0.340 e. The summed E-state index contributed by atoms with van der Waals surface area (Å²) in [6.07, 6.45) is 2.00. The molecule has 24 heavy (non-hydrogen) atoms. The number of hydrogen-bond acceptors (Lipinski definition) is 4. The smallest absolute Gasteiger partial charge is 0.243 e. The van der Waals surface area contributed by atoms with E-state index in [1.54, 1.807) is 17.0 Å². The lowest BCUT2D eigenvalue weighted by molar-refractivity contribution is -0.138. The average Bonchev–Trinajstić information content (AvgIpc) is 2.54. The molecule has 7 heteroatoms. The van der Waals surface area contributed by atoms with Gasteiger partial charge >= 0.3 is 0 Å². The lowest BCUT2D eigenvalue weighted by Gasteiger charge is -2.37. The van der Waals surface area contributed by atoms with Crippen molar-refractivity contribution in [3.63, 3.8) is 0 Å². The molecule has 0 aromatic heterocycles. The maximum atomic E-state index is 12.7. The predicted octanol–water partition coefficient (Wildman–Crippen LogP) is 0.691. The van der Waals surface area contributed by atoms with E-state index in [0.717, 1.165) is 31.5 Å². The van der Waals surface area contributed by atoms with Crippen LogP contribution in [0.4, 0.5) is 0 Å². The minimum atomic E-state index is -3.47. The summed E-state index contributed by atoms with van der Waals surface area (Å²) in [4.78, 5) is 14.4. The van der Waals surface area contributed by atoms with Crippen molar-refractivity contribution in [3.05, 3.63) is 29.8 Å². The van der Waals surface area contributed by atoms with Crippen LogP contribution in [0, 0.1) is 5.92 Å². The average molecular weight is 351 g/mol. The fraction of sp³-hybridized carbons (Fsp3) is 0.588. The highest BCUT2D eigenvalue weighted by Gasteiger charge is 2.34. The van der Waals surface area contributed by atoms with E-state index >= 15 is 0 Å². The first-order chi connectivity index (χ1) is 11.5. The van der Waals surface area contributed by atoms with Gasteiger partial charge in [0, 0.05) is 39.3 Å². The molecule has 3 rings (SSSR count). The molecular formula is C17H25N3O3S. The molecule has 0 radical (unpaired) electrons. The summed E-state index contributed by atoms with van der Waals surface area (Å²) in [5.41, 5.74) is 1.15. The molecule has 132 valence electrons. The third-order valence-electron chi connectivity index (χ3n) is 4.78. The van der Waals surface area contributed by atoms with Crippen LogP contribution in [-0.4, -0.2) is 62.8 Å². The van der Waals surface area contributed by atoms with Crippen molar-refractivity contribution in [1.29, 1.82) is 0 Å². The number of rotatable bonds is 5. The molecule has 2 fully saturated rings. The summed E-state index contributed by atoms with van der Waals surface area (Å²) in [7, 11) is -3.47. The molecule has 0 spiro atoms. The number of amides is 1. The molecule has 1 amide bonds. The number of piperazine rings is 1. The highest BCUT2D eigenvalue weighted by atomic mass is 32.2. The first-order valence-corrected chi connectivity index (χ1v) is 10.0. The van der Waals surface area contributed by atoms with Crippen molar-refractivity contribution in [2.24, 2.45) is 5.92 Å². The molecule has 0 bridgehead atoms. The molecule has 1 N–H and O–H groups in total. The van der Waals surface area contributed by atoms with Gasteiger partial charge < -0.3 is 10.2 Å². The summed E-state index contributed by atoms with van der Waals surface area (Å²) >= 11 is 0. The van der Waals surface area contributed by atoms with Crippen molar-refractivity contribution in [3.8, 4) is 0 Å². The van der Waals surface area contributed by atoms with Crippen LogP contribution in [0.3, 0.4) is 0 Å². The Morgan fingerprint density at radius 1 is 1.12 bits per heavy atom. The fourth-order valence-electron chi connectivity index (χ4n) is 3.14.